The molecule has 3 aromatic carbocycles. The monoisotopic (exact) mass is 461 g/mol. The molecule has 1 aromatic heterocycles. The van der Waals surface area contributed by atoms with Crippen molar-refractivity contribution in [3.05, 3.63) is 88.6 Å². The standard InChI is InChI=1S/C22H14F3NO3S2/c23-22(24,25)15-9-5-13(6-10-15)19-20(27)17-3-1-2-4-18(17)30-21(19)14-7-11-16(12-8-14)31(26,28)29/h1-12H,(H2,26,28,29). The topological polar surface area (TPSA) is 77.2 Å². The maximum absolute atomic E-state index is 13.3. The summed E-state index contributed by atoms with van der Waals surface area (Å²) in [6.07, 6.45) is -4.49. The van der Waals surface area contributed by atoms with E-state index >= 15 is 0 Å². The van der Waals surface area contributed by atoms with Gasteiger partial charge < -0.3 is 0 Å². The average molecular weight is 461 g/mol. The second kappa shape index (κ2) is 7.60. The van der Waals surface area contributed by atoms with Crippen LogP contribution in [0, 0.1) is 0 Å². The van der Waals surface area contributed by atoms with Gasteiger partial charge in [0.25, 0.3) is 0 Å². The molecule has 0 amide bonds. The Kier molecular flexibility index (Phi) is 5.20. The van der Waals surface area contributed by atoms with Crippen molar-refractivity contribution < 1.29 is 21.6 Å². The van der Waals surface area contributed by atoms with E-state index in [2.05, 4.69) is 0 Å². The van der Waals surface area contributed by atoms with Gasteiger partial charge in [-0.25, -0.2) is 13.6 Å². The number of fused-ring (bicyclic) bond motifs is 1. The Morgan fingerprint density at radius 1 is 0.806 bits per heavy atom. The van der Waals surface area contributed by atoms with E-state index in [1.54, 1.807) is 24.3 Å². The van der Waals surface area contributed by atoms with Crippen LogP contribution in [-0.4, -0.2) is 8.42 Å². The van der Waals surface area contributed by atoms with Gasteiger partial charge in [0.1, 0.15) is 0 Å². The Labute approximate surface area is 179 Å². The Morgan fingerprint density at radius 2 is 1.39 bits per heavy atom. The van der Waals surface area contributed by atoms with Gasteiger partial charge in [-0.3, -0.25) is 4.79 Å². The number of primary sulfonamides is 1. The molecule has 2 N–H and O–H groups in total. The fraction of sp³-hybridized carbons (Fsp3) is 0.0455. The van der Waals surface area contributed by atoms with Gasteiger partial charge in [-0.15, -0.1) is 11.3 Å². The van der Waals surface area contributed by atoms with E-state index in [9.17, 15) is 26.4 Å². The van der Waals surface area contributed by atoms with Gasteiger partial charge in [-0.05, 0) is 47.5 Å². The van der Waals surface area contributed by atoms with Gasteiger partial charge in [-0.1, -0.05) is 36.4 Å². The zero-order chi connectivity index (χ0) is 22.4. The summed E-state index contributed by atoms with van der Waals surface area (Å²) in [5, 5.41) is 5.60. The van der Waals surface area contributed by atoms with Gasteiger partial charge >= 0.3 is 6.18 Å². The van der Waals surface area contributed by atoms with E-state index in [0.717, 1.165) is 12.1 Å². The molecule has 0 radical (unpaired) electrons. The second-order valence-electron chi connectivity index (χ2n) is 6.78. The number of nitrogens with two attached hydrogens (primary N) is 1. The van der Waals surface area contributed by atoms with Gasteiger partial charge in [0, 0.05) is 20.5 Å². The van der Waals surface area contributed by atoms with Crippen molar-refractivity contribution in [2.75, 3.05) is 0 Å². The third-order valence-electron chi connectivity index (χ3n) is 4.74. The number of halogens is 3. The lowest BCUT2D eigenvalue weighted by Crippen LogP contribution is -2.11. The fourth-order valence-electron chi connectivity index (χ4n) is 3.23. The van der Waals surface area contributed by atoms with E-state index in [1.807, 2.05) is 0 Å². The molecule has 0 unspecified atom stereocenters. The van der Waals surface area contributed by atoms with E-state index in [4.69, 9.17) is 5.14 Å². The number of rotatable bonds is 3. The zero-order valence-corrected chi connectivity index (χ0v) is 17.3. The first kappa shape index (κ1) is 21.2. The minimum absolute atomic E-state index is 0.0829. The zero-order valence-electron chi connectivity index (χ0n) is 15.7. The van der Waals surface area contributed by atoms with Crippen LogP contribution in [-0.2, 0) is 16.2 Å². The van der Waals surface area contributed by atoms with Crippen molar-refractivity contribution >= 4 is 31.4 Å². The Morgan fingerprint density at radius 3 is 1.97 bits per heavy atom. The molecular formula is C22H14F3NO3S2. The van der Waals surface area contributed by atoms with Crippen molar-refractivity contribution in [3.8, 4) is 21.6 Å². The second-order valence-corrected chi connectivity index (χ2v) is 9.39. The molecule has 0 bridgehead atoms. The third-order valence-corrected chi connectivity index (χ3v) is 6.89. The lowest BCUT2D eigenvalue weighted by atomic mass is 9.99. The highest BCUT2D eigenvalue weighted by molar-refractivity contribution is 7.89. The number of hydrogen-bond acceptors (Lipinski definition) is 4. The molecule has 4 nitrogen and oxygen atoms in total. The number of benzene rings is 3. The maximum Gasteiger partial charge on any atom is 0.416 e. The Balaban J connectivity index is 1.98. The summed E-state index contributed by atoms with van der Waals surface area (Å²) in [5.74, 6) is 0. The van der Waals surface area contributed by atoms with Crippen LogP contribution in [0.5, 0.6) is 0 Å². The lowest BCUT2D eigenvalue weighted by molar-refractivity contribution is -0.137. The first-order valence-electron chi connectivity index (χ1n) is 8.92. The van der Waals surface area contributed by atoms with Crippen LogP contribution in [0.4, 0.5) is 13.2 Å². The molecule has 0 aliphatic heterocycles. The predicted molar refractivity (Wildman–Crippen MR) is 115 cm³/mol. The van der Waals surface area contributed by atoms with E-state index in [1.165, 1.54) is 47.7 Å². The third kappa shape index (κ3) is 4.12. The molecule has 0 saturated heterocycles. The highest BCUT2D eigenvalue weighted by Gasteiger charge is 2.30. The average Bonchev–Trinajstić information content (AvgIpc) is 2.73. The molecule has 4 rings (SSSR count). The quantitative estimate of drug-likeness (QED) is 0.452. The molecule has 0 spiro atoms. The van der Waals surface area contributed by atoms with E-state index in [0.29, 0.717) is 26.1 Å². The highest BCUT2D eigenvalue weighted by Crippen LogP contribution is 2.38. The molecule has 1 heterocycles. The molecule has 31 heavy (non-hydrogen) atoms. The van der Waals surface area contributed by atoms with Crippen molar-refractivity contribution in [3.63, 3.8) is 0 Å². The fourth-order valence-corrected chi connectivity index (χ4v) is 4.95. The Bertz CT molecular complexity index is 1440. The number of alkyl halides is 3. The molecule has 9 heteroatoms. The largest absolute Gasteiger partial charge is 0.416 e. The number of hydrogen-bond donors (Lipinski definition) is 1. The van der Waals surface area contributed by atoms with Gasteiger partial charge in [0.15, 0.2) is 5.43 Å². The first-order valence-corrected chi connectivity index (χ1v) is 11.3. The summed E-state index contributed by atoms with van der Waals surface area (Å²) >= 11 is 1.30. The normalized spacial score (nSPS) is 12.3. The molecule has 0 aliphatic carbocycles. The molecule has 0 saturated carbocycles. The first-order chi connectivity index (χ1) is 14.6. The van der Waals surface area contributed by atoms with Gasteiger partial charge in [0.2, 0.25) is 10.0 Å². The molecule has 4 aromatic rings. The predicted octanol–water partition coefficient (Wildman–Crippen LogP) is 5.26. The Hall–Kier alpha value is -3.01. The summed E-state index contributed by atoms with van der Waals surface area (Å²) in [7, 11) is -3.89. The van der Waals surface area contributed by atoms with Crippen LogP contribution in [0.1, 0.15) is 5.56 Å². The summed E-state index contributed by atoms with van der Waals surface area (Å²) in [6.45, 7) is 0. The van der Waals surface area contributed by atoms with Crippen molar-refractivity contribution in [2.24, 2.45) is 5.14 Å². The summed E-state index contributed by atoms with van der Waals surface area (Å²) in [4.78, 5) is 13.7. The van der Waals surface area contributed by atoms with Crippen LogP contribution < -0.4 is 10.6 Å². The van der Waals surface area contributed by atoms with Crippen LogP contribution in [0.2, 0.25) is 0 Å². The van der Waals surface area contributed by atoms with Crippen LogP contribution in [0.25, 0.3) is 31.7 Å². The molecule has 158 valence electrons. The summed E-state index contributed by atoms with van der Waals surface area (Å²) < 4.78 is 62.7. The molecular weight excluding hydrogens is 447 g/mol. The minimum atomic E-state index is -4.49. The summed E-state index contributed by atoms with van der Waals surface area (Å²) in [6, 6.07) is 17.0. The molecule has 0 aliphatic rings. The van der Waals surface area contributed by atoms with E-state index < -0.39 is 21.8 Å². The minimum Gasteiger partial charge on any atom is -0.288 e. The lowest BCUT2D eigenvalue weighted by Gasteiger charge is -2.13. The van der Waals surface area contributed by atoms with Crippen molar-refractivity contribution in [2.45, 2.75) is 11.1 Å². The van der Waals surface area contributed by atoms with Gasteiger partial charge in [-0.2, -0.15) is 13.2 Å². The molecule has 0 atom stereocenters. The van der Waals surface area contributed by atoms with Crippen LogP contribution >= 0.6 is 11.3 Å². The van der Waals surface area contributed by atoms with Crippen LogP contribution in [0.3, 0.4) is 0 Å². The van der Waals surface area contributed by atoms with Crippen LogP contribution in [0.15, 0.2) is 82.5 Å². The maximum atomic E-state index is 13.3. The SMILES string of the molecule is NS(=O)(=O)c1ccc(-c2sc3ccccc3c(=O)c2-c2ccc(C(F)(F)F)cc2)cc1. The molecule has 0 fully saturated rings. The highest BCUT2D eigenvalue weighted by atomic mass is 32.2. The van der Waals surface area contributed by atoms with Crippen molar-refractivity contribution in [1.29, 1.82) is 0 Å². The van der Waals surface area contributed by atoms with Crippen molar-refractivity contribution in [1.82, 2.24) is 0 Å². The number of sulfonamides is 1. The summed E-state index contributed by atoms with van der Waals surface area (Å²) in [5.41, 5.74) is 0.00769. The van der Waals surface area contributed by atoms with E-state index in [-0.39, 0.29) is 15.9 Å². The van der Waals surface area contributed by atoms with Gasteiger partial charge in [0.05, 0.1) is 10.5 Å². The smallest absolute Gasteiger partial charge is 0.288 e.